The topological polar surface area (TPSA) is 55.1 Å². The van der Waals surface area contributed by atoms with E-state index in [-0.39, 0.29) is 17.3 Å². The van der Waals surface area contributed by atoms with Crippen LogP contribution in [0, 0.1) is 5.82 Å². The van der Waals surface area contributed by atoms with Gasteiger partial charge in [0.25, 0.3) is 0 Å². The Balaban J connectivity index is 2.58. The van der Waals surface area contributed by atoms with E-state index in [2.05, 4.69) is 5.10 Å². The van der Waals surface area contributed by atoms with Crippen molar-refractivity contribution in [1.29, 1.82) is 0 Å². The van der Waals surface area contributed by atoms with E-state index in [0.717, 1.165) is 0 Å². The standard InChI is InChI=1S/C13H13FN2O2/c1-8(2)16-7-11(13(17)18)12(15-16)9-4-3-5-10(14)6-9/h3-8H,1-2H3,(H,17,18). The van der Waals surface area contributed by atoms with Crippen molar-refractivity contribution in [1.82, 2.24) is 9.78 Å². The molecule has 4 nitrogen and oxygen atoms in total. The maximum absolute atomic E-state index is 13.2. The molecule has 2 aromatic rings. The summed E-state index contributed by atoms with van der Waals surface area (Å²) in [5.41, 5.74) is 0.830. The van der Waals surface area contributed by atoms with Crippen LogP contribution in [0.25, 0.3) is 11.3 Å². The molecule has 0 aliphatic rings. The second-order valence-corrected chi connectivity index (χ2v) is 4.28. The number of carboxylic acid groups (broad SMARTS) is 1. The molecule has 0 bridgehead atoms. The van der Waals surface area contributed by atoms with Crippen molar-refractivity contribution in [2.45, 2.75) is 19.9 Å². The number of benzene rings is 1. The lowest BCUT2D eigenvalue weighted by Crippen LogP contribution is -2.00. The van der Waals surface area contributed by atoms with Gasteiger partial charge in [-0.3, -0.25) is 4.68 Å². The third-order valence-electron chi connectivity index (χ3n) is 2.59. The summed E-state index contributed by atoms with van der Waals surface area (Å²) in [6.45, 7) is 3.79. The number of hydrogen-bond donors (Lipinski definition) is 1. The molecule has 0 radical (unpaired) electrons. The largest absolute Gasteiger partial charge is 0.478 e. The van der Waals surface area contributed by atoms with Crippen molar-refractivity contribution in [2.75, 3.05) is 0 Å². The van der Waals surface area contributed by atoms with Crippen molar-refractivity contribution >= 4 is 5.97 Å². The first-order valence-electron chi connectivity index (χ1n) is 5.57. The Morgan fingerprint density at radius 3 is 2.72 bits per heavy atom. The van der Waals surface area contributed by atoms with Crippen LogP contribution in [0.4, 0.5) is 4.39 Å². The maximum atomic E-state index is 13.2. The second kappa shape index (κ2) is 4.60. The van der Waals surface area contributed by atoms with Crippen LogP contribution >= 0.6 is 0 Å². The van der Waals surface area contributed by atoms with Gasteiger partial charge in [-0.15, -0.1) is 0 Å². The molecule has 0 amide bonds. The molecule has 0 spiro atoms. The number of halogens is 1. The molecule has 0 aliphatic carbocycles. The minimum Gasteiger partial charge on any atom is -0.478 e. The van der Waals surface area contributed by atoms with Crippen LogP contribution in [0.1, 0.15) is 30.2 Å². The van der Waals surface area contributed by atoms with Crippen LogP contribution in [0.15, 0.2) is 30.5 Å². The number of rotatable bonds is 3. The average molecular weight is 248 g/mol. The zero-order valence-corrected chi connectivity index (χ0v) is 10.1. The van der Waals surface area contributed by atoms with E-state index in [1.54, 1.807) is 10.7 Å². The lowest BCUT2D eigenvalue weighted by Gasteiger charge is -2.03. The van der Waals surface area contributed by atoms with Crippen molar-refractivity contribution < 1.29 is 14.3 Å². The first kappa shape index (κ1) is 12.3. The molecular formula is C13H13FN2O2. The summed E-state index contributed by atoms with van der Waals surface area (Å²) in [4.78, 5) is 11.2. The third-order valence-corrected chi connectivity index (χ3v) is 2.59. The molecule has 1 aromatic carbocycles. The van der Waals surface area contributed by atoms with Gasteiger partial charge < -0.3 is 5.11 Å². The van der Waals surface area contributed by atoms with Gasteiger partial charge in [0.05, 0.1) is 0 Å². The molecule has 0 atom stereocenters. The fraction of sp³-hybridized carbons (Fsp3) is 0.231. The van der Waals surface area contributed by atoms with Crippen molar-refractivity contribution in [3.05, 3.63) is 41.8 Å². The van der Waals surface area contributed by atoms with Crippen LogP contribution in [0.2, 0.25) is 0 Å². The average Bonchev–Trinajstić information content (AvgIpc) is 2.73. The SMILES string of the molecule is CC(C)n1cc(C(=O)O)c(-c2cccc(F)c2)n1. The Kier molecular flexibility index (Phi) is 3.14. The number of carboxylic acids is 1. The molecule has 0 fully saturated rings. The quantitative estimate of drug-likeness (QED) is 0.908. The van der Waals surface area contributed by atoms with E-state index in [1.807, 2.05) is 13.8 Å². The monoisotopic (exact) mass is 248 g/mol. The normalized spacial score (nSPS) is 10.9. The summed E-state index contributed by atoms with van der Waals surface area (Å²) in [6, 6.07) is 5.81. The number of aromatic carboxylic acids is 1. The zero-order valence-electron chi connectivity index (χ0n) is 10.1. The van der Waals surface area contributed by atoms with Crippen LogP contribution in [0.5, 0.6) is 0 Å². The zero-order chi connectivity index (χ0) is 13.3. The molecule has 94 valence electrons. The van der Waals surface area contributed by atoms with E-state index in [0.29, 0.717) is 5.56 Å². The lowest BCUT2D eigenvalue weighted by atomic mass is 10.1. The number of aromatic nitrogens is 2. The van der Waals surface area contributed by atoms with E-state index < -0.39 is 11.8 Å². The predicted octanol–water partition coefficient (Wildman–Crippen LogP) is 2.97. The summed E-state index contributed by atoms with van der Waals surface area (Å²) in [5, 5.41) is 13.4. The summed E-state index contributed by atoms with van der Waals surface area (Å²) >= 11 is 0. The number of nitrogens with zero attached hydrogens (tertiary/aromatic N) is 2. The van der Waals surface area contributed by atoms with Gasteiger partial charge in [0.1, 0.15) is 17.1 Å². The Bertz CT molecular complexity index is 590. The van der Waals surface area contributed by atoms with Crippen molar-refractivity contribution in [2.24, 2.45) is 0 Å². The molecule has 18 heavy (non-hydrogen) atoms. The van der Waals surface area contributed by atoms with Crippen LogP contribution in [-0.2, 0) is 0 Å². The molecule has 1 N–H and O–H groups in total. The van der Waals surface area contributed by atoms with Gasteiger partial charge in [-0.1, -0.05) is 12.1 Å². The fourth-order valence-corrected chi connectivity index (χ4v) is 1.66. The molecule has 2 rings (SSSR count). The summed E-state index contributed by atoms with van der Waals surface area (Å²) < 4.78 is 14.7. The molecule has 1 heterocycles. The number of hydrogen-bond acceptors (Lipinski definition) is 2. The second-order valence-electron chi connectivity index (χ2n) is 4.28. The van der Waals surface area contributed by atoms with Crippen molar-refractivity contribution in [3.8, 4) is 11.3 Å². The minimum absolute atomic E-state index is 0.0467. The smallest absolute Gasteiger partial charge is 0.339 e. The molecule has 0 saturated heterocycles. The van der Waals surface area contributed by atoms with Gasteiger partial charge in [-0.2, -0.15) is 5.10 Å². The fourth-order valence-electron chi connectivity index (χ4n) is 1.66. The first-order valence-corrected chi connectivity index (χ1v) is 5.57. The Morgan fingerprint density at radius 2 is 2.17 bits per heavy atom. The highest BCUT2D eigenvalue weighted by Crippen LogP contribution is 2.24. The third kappa shape index (κ3) is 2.25. The highest BCUT2D eigenvalue weighted by atomic mass is 19.1. The molecule has 0 aliphatic heterocycles. The van der Waals surface area contributed by atoms with E-state index in [9.17, 15) is 9.18 Å². The van der Waals surface area contributed by atoms with Gasteiger partial charge >= 0.3 is 5.97 Å². The minimum atomic E-state index is -1.07. The van der Waals surface area contributed by atoms with Gasteiger partial charge in [0.15, 0.2) is 0 Å². The van der Waals surface area contributed by atoms with Gasteiger partial charge in [-0.25, -0.2) is 9.18 Å². The molecule has 1 aromatic heterocycles. The van der Waals surface area contributed by atoms with Gasteiger partial charge in [0.2, 0.25) is 0 Å². The van der Waals surface area contributed by atoms with Crippen LogP contribution in [-0.4, -0.2) is 20.9 Å². The predicted molar refractivity (Wildman–Crippen MR) is 65.0 cm³/mol. The lowest BCUT2D eigenvalue weighted by molar-refractivity contribution is 0.0697. The first-order chi connectivity index (χ1) is 8.49. The molecule has 0 saturated carbocycles. The van der Waals surface area contributed by atoms with Crippen molar-refractivity contribution in [3.63, 3.8) is 0 Å². The highest BCUT2D eigenvalue weighted by Gasteiger charge is 2.18. The molecule has 0 unspecified atom stereocenters. The summed E-state index contributed by atoms with van der Waals surface area (Å²) in [5.74, 6) is -1.48. The van der Waals surface area contributed by atoms with E-state index >= 15 is 0 Å². The summed E-state index contributed by atoms with van der Waals surface area (Å²) in [7, 11) is 0. The molecular weight excluding hydrogens is 235 g/mol. The Labute approximate surface area is 104 Å². The molecule has 5 heteroatoms. The van der Waals surface area contributed by atoms with Gasteiger partial charge in [-0.05, 0) is 26.0 Å². The van der Waals surface area contributed by atoms with Crippen LogP contribution < -0.4 is 0 Å². The van der Waals surface area contributed by atoms with E-state index in [4.69, 9.17) is 5.11 Å². The summed E-state index contributed by atoms with van der Waals surface area (Å²) in [6.07, 6.45) is 1.47. The number of carbonyl (C=O) groups is 1. The van der Waals surface area contributed by atoms with Crippen LogP contribution in [0.3, 0.4) is 0 Å². The highest BCUT2D eigenvalue weighted by molar-refractivity contribution is 5.94. The van der Waals surface area contributed by atoms with E-state index in [1.165, 1.54) is 24.4 Å². The maximum Gasteiger partial charge on any atom is 0.339 e. The Hall–Kier alpha value is -2.17. The van der Waals surface area contributed by atoms with Gasteiger partial charge in [0, 0.05) is 17.8 Å². The Morgan fingerprint density at radius 1 is 1.44 bits per heavy atom.